The van der Waals surface area contributed by atoms with Crippen molar-refractivity contribution in [2.45, 2.75) is 19.8 Å². The molecule has 0 fully saturated rings. The van der Waals surface area contributed by atoms with Gasteiger partial charge in [-0.25, -0.2) is 4.36 Å². The van der Waals surface area contributed by atoms with E-state index >= 15 is 0 Å². The molecule has 0 saturated carbocycles. The van der Waals surface area contributed by atoms with Crippen molar-refractivity contribution >= 4 is 11.5 Å². The van der Waals surface area contributed by atoms with Gasteiger partial charge in [0, 0.05) is 17.7 Å². The van der Waals surface area contributed by atoms with Crippen LogP contribution in [-0.2, 0) is 11.5 Å². The van der Waals surface area contributed by atoms with Crippen LogP contribution in [0.1, 0.15) is 19.8 Å². The summed E-state index contributed by atoms with van der Waals surface area (Å²) in [5.74, 6) is 0. The summed E-state index contributed by atoms with van der Waals surface area (Å²) in [5.41, 5.74) is 0. The molecule has 0 amide bonds. The van der Waals surface area contributed by atoms with Crippen molar-refractivity contribution in [2.24, 2.45) is 4.36 Å². The maximum atomic E-state index is 9.70. The fourth-order valence-electron chi connectivity index (χ4n) is 0.324. The summed E-state index contributed by atoms with van der Waals surface area (Å²) in [5, 5.41) is 0. The van der Waals surface area contributed by atoms with E-state index in [1.165, 1.54) is 0 Å². The van der Waals surface area contributed by atoms with E-state index in [0.29, 0.717) is 0 Å². The molecule has 0 aliphatic heterocycles. The van der Waals surface area contributed by atoms with E-state index in [-0.39, 0.29) is 0 Å². The van der Waals surface area contributed by atoms with Crippen LogP contribution >= 0.6 is 0 Å². The molecule has 0 aliphatic carbocycles. The highest BCUT2D eigenvalue weighted by molar-refractivity contribution is 7.54. The molecule has 0 aromatic carbocycles. The highest BCUT2D eigenvalue weighted by Gasteiger charge is 1.67. The summed E-state index contributed by atoms with van der Waals surface area (Å²) in [4.78, 5) is 0. The van der Waals surface area contributed by atoms with Gasteiger partial charge in [-0.2, -0.15) is 0 Å². The highest BCUT2D eigenvalue weighted by atomic mass is 32.1. The summed E-state index contributed by atoms with van der Waals surface area (Å²) in [6, 6.07) is 0. The van der Waals surface area contributed by atoms with Crippen LogP contribution in [0.5, 0.6) is 0 Å². The third-order valence-electron chi connectivity index (χ3n) is 0.688. The molecule has 2 nitrogen and oxygen atoms in total. The van der Waals surface area contributed by atoms with Gasteiger partial charge in [-0.15, -0.1) is 0 Å². The van der Waals surface area contributed by atoms with Crippen LogP contribution in [-0.4, -0.2) is 4.21 Å². The van der Waals surface area contributed by atoms with E-state index in [0.717, 1.165) is 12.8 Å². The van der Waals surface area contributed by atoms with Crippen LogP contribution in [0.25, 0.3) is 0 Å². The zero-order valence-corrected chi connectivity index (χ0v) is 5.92. The second kappa shape index (κ2) is 6.69. The maximum absolute atomic E-state index is 9.70. The Morgan fingerprint density at radius 2 is 2.50 bits per heavy atom. The summed E-state index contributed by atoms with van der Waals surface area (Å²) in [7, 11) is 0. The number of nitrogens with zero attached hydrogens (tertiary/aromatic N) is 1. The van der Waals surface area contributed by atoms with E-state index in [1.54, 1.807) is 6.20 Å². The van der Waals surface area contributed by atoms with Crippen LogP contribution in [0, 0.1) is 0 Å². The number of hydrogen-bond acceptors (Lipinski definition) is 2. The van der Waals surface area contributed by atoms with Gasteiger partial charge in [0.1, 0.15) is 0 Å². The quantitative estimate of drug-likeness (QED) is 0.568. The predicted molar refractivity (Wildman–Crippen MR) is 37.4 cm³/mol. The van der Waals surface area contributed by atoms with Crippen molar-refractivity contribution in [3.63, 3.8) is 0 Å². The van der Waals surface area contributed by atoms with Crippen molar-refractivity contribution in [3.8, 4) is 0 Å². The lowest BCUT2D eigenvalue weighted by atomic mass is 10.3. The number of allylic oxidation sites excluding steroid dienone is 1. The van der Waals surface area contributed by atoms with Gasteiger partial charge in [0.05, 0.1) is 0 Å². The van der Waals surface area contributed by atoms with Gasteiger partial charge in [0.15, 0.2) is 0 Å². The normalized spacial score (nSPS) is 11.6. The SMILES string of the molecule is CCC/C=C/N=[SH2]=O. The molecule has 0 spiro atoms. The summed E-state index contributed by atoms with van der Waals surface area (Å²) in [6.07, 6.45) is 5.64. The minimum Gasteiger partial charge on any atom is -0.256 e. The van der Waals surface area contributed by atoms with Crippen LogP contribution in [0.3, 0.4) is 0 Å². The predicted octanol–water partition coefficient (Wildman–Crippen LogP) is 1.16. The molecular formula is C5H11NOS. The van der Waals surface area contributed by atoms with Gasteiger partial charge < -0.3 is 0 Å². The average molecular weight is 133 g/mol. The monoisotopic (exact) mass is 133 g/mol. The summed E-state index contributed by atoms with van der Waals surface area (Å²) < 4.78 is 13.2. The molecule has 0 aromatic heterocycles. The second-order valence-electron chi connectivity index (χ2n) is 1.39. The Morgan fingerprint density at radius 1 is 1.75 bits per heavy atom. The Bertz CT molecular complexity index is 116. The van der Waals surface area contributed by atoms with Gasteiger partial charge in [-0.3, -0.25) is 4.21 Å². The molecule has 3 heteroatoms. The van der Waals surface area contributed by atoms with Crippen molar-refractivity contribution in [1.29, 1.82) is 0 Å². The maximum Gasteiger partial charge on any atom is 0.0323 e. The Labute approximate surface area is 52.9 Å². The van der Waals surface area contributed by atoms with Crippen molar-refractivity contribution in [2.75, 3.05) is 0 Å². The molecular weight excluding hydrogens is 122 g/mol. The number of hydrogen-bond donors (Lipinski definition) is 0. The Morgan fingerprint density at radius 3 is 3.00 bits per heavy atom. The highest BCUT2D eigenvalue weighted by Crippen LogP contribution is 1.86. The summed E-state index contributed by atoms with van der Waals surface area (Å²) in [6.45, 7) is 2.09. The molecule has 0 saturated heterocycles. The third-order valence-corrected chi connectivity index (χ3v) is 0.942. The Hall–Kier alpha value is -0.310. The van der Waals surface area contributed by atoms with E-state index < -0.39 is 11.5 Å². The molecule has 0 bridgehead atoms. The number of rotatable bonds is 3. The standard InChI is InChI=1S/C5H11NOS/c1-2-3-4-5-6-8-7/h4-5H,2-3,8H2,1H3/b5-4+. The molecule has 0 radical (unpaired) electrons. The minimum absolute atomic E-state index is 0.543. The number of unbranched alkanes of at least 4 members (excludes halogenated alkanes) is 1. The van der Waals surface area contributed by atoms with Crippen LogP contribution in [0.4, 0.5) is 0 Å². The van der Waals surface area contributed by atoms with Crippen LogP contribution < -0.4 is 0 Å². The zero-order chi connectivity index (χ0) is 6.24. The first kappa shape index (κ1) is 7.69. The lowest BCUT2D eigenvalue weighted by Gasteiger charge is -1.76. The zero-order valence-electron chi connectivity index (χ0n) is 4.92. The van der Waals surface area contributed by atoms with Gasteiger partial charge in [-0.05, 0) is 6.42 Å². The van der Waals surface area contributed by atoms with Gasteiger partial charge in [0.2, 0.25) is 0 Å². The van der Waals surface area contributed by atoms with Crippen LogP contribution in [0.2, 0.25) is 0 Å². The van der Waals surface area contributed by atoms with Gasteiger partial charge >= 0.3 is 0 Å². The summed E-state index contributed by atoms with van der Waals surface area (Å²) >= 11 is -0.543. The average Bonchev–Trinajstić information content (AvgIpc) is 1.81. The Kier molecular flexibility index (Phi) is 6.43. The Balaban J connectivity index is 3.20. The molecule has 0 heterocycles. The molecule has 0 atom stereocenters. The topological polar surface area (TPSA) is 29.4 Å². The van der Waals surface area contributed by atoms with Crippen LogP contribution in [0.15, 0.2) is 16.6 Å². The first-order valence-corrected chi connectivity index (χ1v) is 3.49. The molecule has 0 aromatic rings. The first-order chi connectivity index (χ1) is 3.91. The van der Waals surface area contributed by atoms with Crippen molar-refractivity contribution in [1.82, 2.24) is 0 Å². The smallest absolute Gasteiger partial charge is 0.0323 e. The molecule has 0 N–H and O–H groups in total. The van der Waals surface area contributed by atoms with Crippen molar-refractivity contribution < 1.29 is 4.21 Å². The van der Waals surface area contributed by atoms with Gasteiger partial charge in [-0.1, -0.05) is 19.4 Å². The van der Waals surface area contributed by atoms with E-state index in [4.69, 9.17) is 0 Å². The molecule has 0 unspecified atom stereocenters. The molecule has 0 rings (SSSR count). The molecule has 8 heavy (non-hydrogen) atoms. The van der Waals surface area contributed by atoms with Crippen molar-refractivity contribution in [3.05, 3.63) is 12.3 Å². The molecule has 48 valence electrons. The lowest BCUT2D eigenvalue weighted by molar-refractivity contribution is 0.698. The van der Waals surface area contributed by atoms with E-state index in [9.17, 15) is 4.21 Å². The fourth-order valence-corrected chi connectivity index (χ4v) is 0.491. The second-order valence-corrected chi connectivity index (χ2v) is 1.83. The molecule has 0 aliphatic rings. The van der Waals surface area contributed by atoms with Gasteiger partial charge in [0.25, 0.3) is 0 Å². The lowest BCUT2D eigenvalue weighted by Crippen LogP contribution is -1.57. The minimum atomic E-state index is -0.543. The largest absolute Gasteiger partial charge is 0.256 e. The fraction of sp³-hybridized carbons (Fsp3) is 0.600. The first-order valence-electron chi connectivity index (χ1n) is 2.63. The van der Waals surface area contributed by atoms with E-state index in [2.05, 4.69) is 11.3 Å². The van der Waals surface area contributed by atoms with E-state index in [1.807, 2.05) is 6.08 Å². The third kappa shape index (κ3) is 5.69.